The average Bonchev–Trinajstić information content (AvgIpc) is 2.30. The van der Waals surface area contributed by atoms with Gasteiger partial charge in [-0.05, 0) is 18.1 Å². The van der Waals surface area contributed by atoms with Gasteiger partial charge in [0.25, 0.3) is 0 Å². The molecule has 2 aromatic rings. The number of aromatic nitrogens is 1. The summed E-state index contributed by atoms with van der Waals surface area (Å²) >= 11 is 0. The van der Waals surface area contributed by atoms with E-state index in [-0.39, 0.29) is 0 Å². The Balaban J connectivity index is 2.31. The van der Waals surface area contributed by atoms with Gasteiger partial charge in [0.15, 0.2) is 6.19 Å². The Morgan fingerprint density at radius 1 is 1.27 bits per heavy atom. The number of fused-ring (bicyclic) bond motifs is 1. The Morgan fingerprint density at radius 3 is 3.00 bits per heavy atom. The summed E-state index contributed by atoms with van der Waals surface area (Å²) in [6.45, 7) is 0.659. The van der Waals surface area contributed by atoms with Crippen LogP contribution in [0.25, 0.3) is 10.9 Å². The van der Waals surface area contributed by atoms with Gasteiger partial charge in [0.1, 0.15) is 0 Å². The quantitative estimate of drug-likeness (QED) is 0.464. The summed E-state index contributed by atoms with van der Waals surface area (Å²) in [5.41, 5.74) is 2.20. The van der Waals surface area contributed by atoms with Crippen molar-refractivity contribution in [1.82, 2.24) is 10.3 Å². The lowest BCUT2D eigenvalue weighted by atomic mass is 10.1. The lowest BCUT2D eigenvalue weighted by molar-refractivity contribution is 0.846. The van der Waals surface area contributed by atoms with Crippen LogP contribution in [0.2, 0.25) is 0 Å². The van der Waals surface area contributed by atoms with Crippen molar-refractivity contribution < 1.29 is 0 Å². The maximum absolute atomic E-state index is 8.38. The molecular formula is C12H11N3. The third-order valence-corrected chi connectivity index (χ3v) is 2.31. The van der Waals surface area contributed by atoms with Crippen LogP contribution < -0.4 is 5.32 Å². The van der Waals surface area contributed by atoms with Crippen LogP contribution in [0.15, 0.2) is 36.5 Å². The van der Waals surface area contributed by atoms with E-state index in [1.165, 1.54) is 5.56 Å². The molecule has 0 aliphatic rings. The van der Waals surface area contributed by atoms with E-state index in [4.69, 9.17) is 5.26 Å². The van der Waals surface area contributed by atoms with E-state index >= 15 is 0 Å². The molecule has 1 N–H and O–H groups in total. The highest BCUT2D eigenvalue weighted by molar-refractivity contribution is 5.81. The van der Waals surface area contributed by atoms with Crippen LogP contribution in [0.4, 0.5) is 0 Å². The van der Waals surface area contributed by atoms with E-state index in [0.29, 0.717) is 6.54 Å². The van der Waals surface area contributed by atoms with E-state index in [9.17, 15) is 0 Å². The van der Waals surface area contributed by atoms with Crippen LogP contribution in [0.1, 0.15) is 5.56 Å². The third kappa shape index (κ3) is 2.05. The van der Waals surface area contributed by atoms with Crippen LogP contribution in [-0.4, -0.2) is 11.5 Å². The number of hydrogen-bond donors (Lipinski definition) is 1. The number of benzene rings is 1. The number of nitrogens with one attached hydrogen (secondary N) is 1. The molecule has 1 aromatic carbocycles. The number of nitriles is 1. The van der Waals surface area contributed by atoms with Gasteiger partial charge in [0.2, 0.25) is 0 Å². The molecule has 0 aliphatic heterocycles. The smallest absolute Gasteiger partial charge is 0.176 e. The SMILES string of the molecule is N#CNCCc1cccc2cccnc12. The van der Waals surface area contributed by atoms with Gasteiger partial charge in [-0.3, -0.25) is 4.98 Å². The van der Waals surface area contributed by atoms with Crippen LogP contribution in [0, 0.1) is 11.5 Å². The van der Waals surface area contributed by atoms with Crippen LogP contribution in [0.5, 0.6) is 0 Å². The van der Waals surface area contributed by atoms with E-state index in [1.807, 2.05) is 36.5 Å². The van der Waals surface area contributed by atoms with Crippen LogP contribution in [-0.2, 0) is 6.42 Å². The van der Waals surface area contributed by atoms with E-state index in [2.05, 4.69) is 10.3 Å². The molecule has 0 spiro atoms. The Bertz CT molecular complexity index is 494. The Labute approximate surface area is 88.4 Å². The number of pyridine rings is 1. The monoisotopic (exact) mass is 197 g/mol. The molecule has 0 fully saturated rings. The number of nitrogens with zero attached hydrogens (tertiary/aromatic N) is 2. The van der Waals surface area contributed by atoms with Crippen molar-refractivity contribution in [1.29, 1.82) is 5.26 Å². The molecule has 74 valence electrons. The van der Waals surface area contributed by atoms with Gasteiger partial charge in [0, 0.05) is 18.1 Å². The standard InChI is InChI=1S/C12H11N3/c13-9-14-8-6-11-4-1-3-10-5-2-7-15-12(10)11/h1-5,7,14H,6,8H2. The highest BCUT2D eigenvalue weighted by Crippen LogP contribution is 2.15. The van der Waals surface area contributed by atoms with E-state index < -0.39 is 0 Å². The molecule has 2 rings (SSSR count). The molecule has 0 atom stereocenters. The molecule has 0 saturated heterocycles. The fourth-order valence-corrected chi connectivity index (χ4v) is 1.62. The fourth-order valence-electron chi connectivity index (χ4n) is 1.62. The molecule has 0 amide bonds. The van der Waals surface area contributed by atoms with Gasteiger partial charge in [-0.2, -0.15) is 5.26 Å². The van der Waals surface area contributed by atoms with Crippen molar-refractivity contribution in [3.8, 4) is 6.19 Å². The Hall–Kier alpha value is -2.08. The molecule has 1 aromatic heterocycles. The molecule has 1 heterocycles. The lowest BCUT2D eigenvalue weighted by Gasteiger charge is -2.04. The minimum atomic E-state index is 0.659. The van der Waals surface area contributed by atoms with Gasteiger partial charge >= 0.3 is 0 Å². The number of rotatable bonds is 3. The second-order valence-corrected chi connectivity index (χ2v) is 3.28. The zero-order valence-electron chi connectivity index (χ0n) is 8.27. The molecule has 0 saturated carbocycles. The maximum atomic E-state index is 8.38. The summed E-state index contributed by atoms with van der Waals surface area (Å²) in [7, 11) is 0. The van der Waals surface area contributed by atoms with Crippen molar-refractivity contribution in [3.63, 3.8) is 0 Å². The molecule has 3 nitrogen and oxygen atoms in total. The Kier molecular flexibility index (Phi) is 2.80. The predicted molar refractivity (Wildman–Crippen MR) is 59.1 cm³/mol. The molecule has 0 aliphatic carbocycles. The first-order chi connectivity index (χ1) is 7.42. The van der Waals surface area contributed by atoms with Gasteiger partial charge in [-0.25, -0.2) is 0 Å². The number of para-hydroxylation sites is 1. The fraction of sp³-hybridized carbons (Fsp3) is 0.167. The van der Waals surface area contributed by atoms with Gasteiger partial charge < -0.3 is 5.32 Å². The second kappa shape index (κ2) is 4.43. The number of hydrogen-bond acceptors (Lipinski definition) is 3. The Morgan fingerprint density at radius 2 is 2.13 bits per heavy atom. The highest BCUT2D eigenvalue weighted by atomic mass is 14.8. The molecule has 15 heavy (non-hydrogen) atoms. The molecule has 0 radical (unpaired) electrons. The van der Waals surface area contributed by atoms with Gasteiger partial charge in [-0.15, -0.1) is 0 Å². The van der Waals surface area contributed by atoms with Crippen LogP contribution in [0.3, 0.4) is 0 Å². The molecule has 0 bridgehead atoms. The molecule has 3 heteroatoms. The average molecular weight is 197 g/mol. The van der Waals surface area contributed by atoms with Crippen molar-refractivity contribution >= 4 is 10.9 Å². The predicted octanol–water partition coefficient (Wildman–Crippen LogP) is 1.85. The summed E-state index contributed by atoms with van der Waals surface area (Å²) in [5.74, 6) is 0. The summed E-state index contributed by atoms with van der Waals surface area (Å²) in [5, 5.41) is 12.2. The van der Waals surface area contributed by atoms with Crippen molar-refractivity contribution in [2.24, 2.45) is 0 Å². The first-order valence-electron chi connectivity index (χ1n) is 4.86. The first-order valence-corrected chi connectivity index (χ1v) is 4.86. The summed E-state index contributed by atoms with van der Waals surface area (Å²) in [4.78, 5) is 4.35. The summed E-state index contributed by atoms with van der Waals surface area (Å²) in [6, 6.07) is 10.1. The largest absolute Gasteiger partial charge is 0.324 e. The molecular weight excluding hydrogens is 186 g/mol. The zero-order chi connectivity index (χ0) is 10.5. The first kappa shape index (κ1) is 9.47. The third-order valence-electron chi connectivity index (χ3n) is 2.31. The summed E-state index contributed by atoms with van der Waals surface area (Å²) in [6.07, 6.45) is 4.53. The minimum Gasteiger partial charge on any atom is -0.324 e. The second-order valence-electron chi connectivity index (χ2n) is 3.28. The lowest BCUT2D eigenvalue weighted by Crippen LogP contribution is -2.10. The maximum Gasteiger partial charge on any atom is 0.176 e. The molecule has 0 unspecified atom stereocenters. The summed E-state index contributed by atoms with van der Waals surface area (Å²) < 4.78 is 0. The topological polar surface area (TPSA) is 48.7 Å². The van der Waals surface area contributed by atoms with Crippen molar-refractivity contribution in [3.05, 3.63) is 42.1 Å². The highest BCUT2D eigenvalue weighted by Gasteiger charge is 2.00. The van der Waals surface area contributed by atoms with Gasteiger partial charge in [-0.1, -0.05) is 24.3 Å². The normalized spacial score (nSPS) is 9.80. The van der Waals surface area contributed by atoms with Crippen molar-refractivity contribution in [2.75, 3.05) is 6.54 Å². The van der Waals surface area contributed by atoms with Crippen LogP contribution >= 0.6 is 0 Å². The van der Waals surface area contributed by atoms with E-state index in [0.717, 1.165) is 17.3 Å². The van der Waals surface area contributed by atoms with E-state index in [1.54, 1.807) is 6.20 Å². The zero-order valence-corrected chi connectivity index (χ0v) is 8.27. The van der Waals surface area contributed by atoms with Gasteiger partial charge in [0.05, 0.1) is 5.52 Å². The van der Waals surface area contributed by atoms with Crippen molar-refractivity contribution in [2.45, 2.75) is 6.42 Å². The minimum absolute atomic E-state index is 0.659.